The zero-order chi connectivity index (χ0) is 16.8. The maximum Gasteiger partial charge on any atom is 0.335 e. The van der Waals surface area contributed by atoms with Gasteiger partial charge >= 0.3 is 5.97 Å². The fourth-order valence-electron chi connectivity index (χ4n) is 1.99. The van der Waals surface area contributed by atoms with E-state index in [4.69, 9.17) is 14.6 Å². The number of hydrazone groups is 1. The number of hydrogen-bond donors (Lipinski definition) is 2. The zero-order valence-electron chi connectivity index (χ0n) is 13.2. The number of nitrogens with one attached hydrogen (secondary N) is 1. The van der Waals surface area contributed by atoms with Crippen molar-refractivity contribution in [2.75, 3.05) is 19.6 Å². The van der Waals surface area contributed by atoms with Crippen molar-refractivity contribution in [3.8, 4) is 11.5 Å². The Morgan fingerprint density at radius 2 is 1.78 bits per heavy atom. The van der Waals surface area contributed by atoms with Crippen molar-refractivity contribution in [2.24, 2.45) is 5.10 Å². The van der Waals surface area contributed by atoms with E-state index in [0.717, 1.165) is 11.3 Å². The number of aromatic carboxylic acids is 1. The van der Waals surface area contributed by atoms with Gasteiger partial charge in [0, 0.05) is 11.6 Å². The van der Waals surface area contributed by atoms with E-state index in [1.165, 1.54) is 12.1 Å². The highest BCUT2D eigenvalue weighted by Crippen LogP contribution is 2.25. The van der Waals surface area contributed by atoms with Crippen LogP contribution in [0.3, 0.4) is 0 Å². The summed E-state index contributed by atoms with van der Waals surface area (Å²) in [5, 5.41) is 13.2. The maximum absolute atomic E-state index is 10.8. The number of hydrogen-bond acceptors (Lipinski definition) is 5. The first kappa shape index (κ1) is 16.4. The van der Waals surface area contributed by atoms with E-state index in [-0.39, 0.29) is 5.56 Å². The molecule has 0 heterocycles. The number of ether oxygens (including phenoxy) is 2. The Hall–Kier alpha value is -3.02. The predicted molar refractivity (Wildman–Crippen MR) is 88.8 cm³/mol. The van der Waals surface area contributed by atoms with Gasteiger partial charge in [0.15, 0.2) is 0 Å². The van der Waals surface area contributed by atoms with E-state index in [1.54, 1.807) is 32.4 Å². The zero-order valence-corrected chi connectivity index (χ0v) is 13.2. The molecule has 0 spiro atoms. The first-order valence-corrected chi connectivity index (χ1v) is 6.91. The molecule has 0 radical (unpaired) electrons. The fourth-order valence-corrected chi connectivity index (χ4v) is 1.99. The Labute approximate surface area is 134 Å². The van der Waals surface area contributed by atoms with Crippen LogP contribution in [0.15, 0.2) is 47.6 Å². The Morgan fingerprint density at radius 3 is 2.35 bits per heavy atom. The highest BCUT2D eigenvalue weighted by molar-refractivity contribution is 6.01. The van der Waals surface area contributed by atoms with E-state index in [1.807, 2.05) is 19.1 Å². The van der Waals surface area contributed by atoms with Crippen molar-refractivity contribution in [3.05, 3.63) is 53.6 Å². The molecular formula is C17H18N2O4. The van der Waals surface area contributed by atoms with Gasteiger partial charge in [0.25, 0.3) is 0 Å². The summed E-state index contributed by atoms with van der Waals surface area (Å²) in [6, 6.07) is 11.8. The van der Waals surface area contributed by atoms with E-state index in [2.05, 4.69) is 10.5 Å². The summed E-state index contributed by atoms with van der Waals surface area (Å²) in [7, 11) is 3.18. The molecule has 0 aromatic heterocycles. The van der Waals surface area contributed by atoms with Crippen LogP contribution in [0.5, 0.6) is 11.5 Å². The number of methoxy groups -OCH3 is 2. The highest BCUT2D eigenvalue weighted by Gasteiger charge is 2.08. The number of carbonyl (C=O) groups is 1. The number of carboxylic acids is 1. The molecule has 120 valence electrons. The van der Waals surface area contributed by atoms with Crippen molar-refractivity contribution < 1.29 is 19.4 Å². The van der Waals surface area contributed by atoms with Crippen molar-refractivity contribution in [1.82, 2.24) is 0 Å². The molecule has 0 aliphatic carbocycles. The minimum absolute atomic E-state index is 0.230. The van der Waals surface area contributed by atoms with Gasteiger partial charge in [-0.05, 0) is 43.3 Å². The molecule has 6 nitrogen and oxygen atoms in total. The van der Waals surface area contributed by atoms with Crippen LogP contribution in [0.1, 0.15) is 22.8 Å². The SMILES string of the molecule is COc1ccc(/C(C)=N/Nc2ccc(C(=O)O)cc2)c(OC)c1. The van der Waals surface area contributed by atoms with Crippen LogP contribution >= 0.6 is 0 Å². The summed E-state index contributed by atoms with van der Waals surface area (Å²) < 4.78 is 10.5. The molecular weight excluding hydrogens is 296 g/mol. The van der Waals surface area contributed by atoms with Gasteiger partial charge in [-0.3, -0.25) is 5.43 Å². The molecule has 2 aromatic rings. The minimum atomic E-state index is -0.959. The number of rotatable bonds is 6. The van der Waals surface area contributed by atoms with Crippen molar-refractivity contribution >= 4 is 17.4 Å². The smallest absolute Gasteiger partial charge is 0.335 e. The Kier molecular flexibility index (Phi) is 5.19. The first-order valence-electron chi connectivity index (χ1n) is 6.91. The monoisotopic (exact) mass is 314 g/mol. The molecule has 0 aliphatic heterocycles. The second-order valence-corrected chi connectivity index (χ2v) is 4.76. The van der Waals surface area contributed by atoms with Gasteiger partial charge < -0.3 is 14.6 Å². The normalized spacial score (nSPS) is 11.0. The number of anilines is 1. The van der Waals surface area contributed by atoms with Crippen LogP contribution in [0.25, 0.3) is 0 Å². The predicted octanol–water partition coefficient (Wildman–Crippen LogP) is 3.24. The topological polar surface area (TPSA) is 80.2 Å². The largest absolute Gasteiger partial charge is 0.497 e. The lowest BCUT2D eigenvalue weighted by Crippen LogP contribution is -2.03. The van der Waals surface area contributed by atoms with Crippen molar-refractivity contribution in [2.45, 2.75) is 6.92 Å². The first-order chi connectivity index (χ1) is 11.0. The molecule has 6 heteroatoms. The van der Waals surface area contributed by atoms with E-state index in [0.29, 0.717) is 17.2 Å². The number of carboxylic acid groups (broad SMARTS) is 1. The van der Waals surface area contributed by atoms with Gasteiger partial charge in [0.2, 0.25) is 0 Å². The molecule has 0 amide bonds. The van der Waals surface area contributed by atoms with E-state index in [9.17, 15) is 4.79 Å². The minimum Gasteiger partial charge on any atom is -0.497 e. The maximum atomic E-state index is 10.8. The van der Waals surface area contributed by atoms with Crippen molar-refractivity contribution in [1.29, 1.82) is 0 Å². The third-order valence-electron chi connectivity index (χ3n) is 3.28. The fraction of sp³-hybridized carbons (Fsp3) is 0.176. The molecule has 0 atom stereocenters. The van der Waals surface area contributed by atoms with Crippen LogP contribution in [0.2, 0.25) is 0 Å². The second-order valence-electron chi connectivity index (χ2n) is 4.76. The summed E-state index contributed by atoms with van der Waals surface area (Å²) >= 11 is 0. The molecule has 0 bridgehead atoms. The summed E-state index contributed by atoms with van der Waals surface area (Å²) in [5.74, 6) is 0.406. The third kappa shape index (κ3) is 4.00. The molecule has 0 aliphatic rings. The molecule has 0 saturated carbocycles. The molecule has 2 N–H and O–H groups in total. The van der Waals surface area contributed by atoms with Gasteiger partial charge in [-0.15, -0.1) is 0 Å². The van der Waals surface area contributed by atoms with Gasteiger partial charge in [-0.2, -0.15) is 5.10 Å². The standard InChI is InChI=1S/C17H18N2O4/c1-11(15-9-8-14(22-2)10-16(15)23-3)18-19-13-6-4-12(5-7-13)17(20)21/h4-10,19H,1-3H3,(H,20,21)/b18-11+. The molecule has 2 rings (SSSR count). The summed E-state index contributed by atoms with van der Waals surface area (Å²) in [6.07, 6.45) is 0. The summed E-state index contributed by atoms with van der Waals surface area (Å²) in [5.41, 5.74) is 5.39. The quantitative estimate of drug-likeness (QED) is 0.632. The van der Waals surface area contributed by atoms with Crippen LogP contribution < -0.4 is 14.9 Å². The third-order valence-corrected chi connectivity index (χ3v) is 3.28. The second kappa shape index (κ2) is 7.31. The van der Waals surface area contributed by atoms with Crippen LogP contribution in [-0.2, 0) is 0 Å². The molecule has 23 heavy (non-hydrogen) atoms. The molecule has 2 aromatic carbocycles. The van der Waals surface area contributed by atoms with Crippen LogP contribution in [0.4, 0.5) is 5.69 Å². The lowest BCUT2D eigenvalue weighted by Gasteiger charge is -2.10. The Morgan fingerprint density at radius 1 is 1.09 bits per heavy atom. The highest BCUT2D eigenvalue weighted by atomic mass is 16.5. The molecule has 0 fully saturated rings. The van der Waals surface area contributed by atoms with Gasteiger partial charge in [-0.25, -0.2) is 4.79 Å². The van der Waals surface area contributed by atoms with Gasteiger partial charge in [0.1, 0.15) is 11.5 Å². The average molecular weight is 314 g/mol. The van der Waals surface area contributed by atoms with Crippen LogP contribution in [0, 0.1) is 0 Å². The van der Waals surface area contributed by atoms with Gasteiger partial charge in [-0.1, -0.05) is 0 Å². The van der Waals surface area contributed by atoms with Crippen molar-refractivity contribution in [3.63, 3.8) is 0 Å². The van der Waals surface area contributed by atoms with E-state index < -0.39 is 5.97 Å². The molecule has 0 saturated heterocycles. The average Bonchev–Trinajstić information content (AvgIpc) is 2.59. The number of nitrogens with zero attached hydrogens (tertiary/aromatic N) is 1. The molecule has 0 unspecified atom stereocenters. The Bertz CT molecular complexity index is 724. The number of benzene rings is 2. The van der Waals surface area contributed by atoms with E-state index >= 15 is 0 Å². The van der Waals surface area contributed by atoms with Crippen LogP contribution in [-0.4, -0.2) is 31.0 Å². The Balaban J connectivity index is 2.18. The summed E-state index contributed by atoms with van der Waals surface area (Å²) in [4.78, 5) is 10.8. The lowest BCUT2D eigenvalue weighted by molar-refractivity contribution is 0.0697. The van der Waals surface area contributed by atoms with Gasteiger partial charge in [0.05, 0.1) is 31.2 Å². The summed E-state index contributed by atoms with van der Waals surface area (Å²) in [6.45, 7) is 1.85. The lowest BCUT2D eigenvalue weighted by atomic mass is 10.1.